The lowest BCUT2D eigenvalue weighted by Crippen LogP contribution is -2.38. The summed E-state index contributed by atoms with van der Waals surface area (Å²) in [4.78, 5) is 23.1. The normalized spacial score (nSPS) is 25.6. The van der Waals surface area contributed by atoms with Gasteiger partial charge in [0, 0.05) is 18.4 Å². The van der Waals surface area contributed by atoms with Crippen molar-refractivity contribution in [2.24, 2.45) is 5.92 Å². The maximum atomic E-state index is 13.2. The maximum Gasteiger partial charge on any atom is 0.410 e. The summed E-state index contributed by atoms with van der Waals surface area (Å²) in [5.41, 5.74) is -0.678. The Balaban J connectivity index is 2.58. The Morgan fingerprint density at radius 1 is 1.38 bits per heavy atom. The largest absolute Gasteiger partial charge is 0.550 e. The van der Waals surface area contributed by atoms with E-state index in [1.165, 1.54) is 0 Å². The predicted octanol–water partition coefficient (Wildman–Crippen LogP) is -0.0587. The van der Waals surface area contributed by atoms with Crippen LogP contribution in [-0.2, 0) is 9.53 Å². The molecule has 0 saturated carbocycles. The second-order valence-electron chi connectivity index (χ2n) is 4.83. The van der Waals surface area contributed by atoms with Crippen LogP contribution in [0.25, 0.3) is 0 Å². The summed E-state index contributed by atoms with van der Waals surface area (Å²) in [6.45, 7) is 4.60. The van der Waals surface area contributed by atoms with Crippen LogP contribution >= 0.6 is 0 Å². The summed E-state index contributed by atoms with van der Waals surface area (Å²) >= 11 is 0. The molecule has 2 atom stereocenters. The highest BCUT2D eigenvalue weighted by Gasteiger charge is 2.37. The third kappa shape index (κ3) is 3.08. The fourth-order valence-electron chi connectivity index (χ4n) is 1.46. The van der Waals surface area contributed by atoms with Crippen molar-refractivity contribution in [2.45, 2.75) is 32.5 Å². The first-order valence-electron chi connectivity index (χ1n) is 5.03. The summed E-state index contributed by atoms with van der Waals surface area (Å²) in [6.07, 6.45) is -2.28. The molecule has 16 heavy (non-hydrogen) atoms. The number of alkyl halides is 1. The summed E-state index contributed by atoms with van der Waals surface area (Å²) in [5, 5.41) is 10.5. The number of amides is 1. The molecular formula is C10H15FNO4-. The molecule has 92 valence electrons. The van der Waals surface area contributed by atoms with Gasteiger partial charge in [-0.1, -0.05) is 0 Å². The molecule has 0 aliphatic carbocycles. The van der Waals surface area contributed by atoms with Crippen molar-refractivity contribution < 1.29 is 23.8 Å². The average Bonchev–Trinajstić information content (AvgIpc) is 2.44. The number of carboxylic acid groups (broad SMARTS) is 1. The number of ether oxygens (including phenoxy) is 1. The van der Waals surface area contributed by atoms with E-state index in [9.17, 15) is 19.1 Å². The molecule has 5 nitrogen and oxygen atoms in total. The molecule has 0 spiro atoms. The van der Waals surface area contributed by atoms with E-state index in [1.54, 1.807) is 20.8 Å². The number of likely N-dealkylation sites (tertiary alicyclic amines) is 1. The van der Waals surface area contributed by atoms with Gasteiger partial charge in [0.15, 0.2) is 0 Å². The second-order valence-corrected chi connectivity index (χ2v) is 4.83. The number of halogens is 1. The van der Waals surface area contributed by atoms with Crippen LogP contribution in [0.1, 0.15) is 20.8 Å². The SMILES string of the molecule is CC(C)(C)OC(=O)N1C[C@H](C(=O)[O-])[C@@H](F)C1. The molecule has 1 aliphatic heterocycles. The third-order valence-corrected chi connectivity index (χ3v) is 2.20. The van der Waals surface area contributed by atoms with Gasteiger partial charge >= 0.3 is 6.09 Å². The number of hydrogen-bond acceptors (Lipinski definition) is 4. The van der Waals surface area contributed by atoms with Gasteiger partial charge in [-0.05, 0) is 20.8 Å². The van der Waals surface area contributed by atoms with E-state index in [0.717, 1.165) is 4.90 Å². The monoisotopic (exact) mass is 232 g/mol. The van der Waals surface area contributed by atoms with Gasteiger partial charge < -0.3 is 19.5 Å². The highest BCUT2D eigenvalue weighted by atomic mass is 19.1. The third-order valence-electron chi connectivity index (χ3n) is 2.20. The minimum atomic E-state index is -1.59. The fourth-order valence-corrected chi connectivity index (χ4v) is 1.46. The number of carboxylic acids is 1. The van der Waals surface area contributed by atoms with E-state index in [1.807, 2.05) is 0 Å². The number of rotatable bonds is 1. The van der Waals surface area contributed by atoms with Crippen molar-refractivity contribution >= 4 is 12.1 Å². The molecule has 1 aliphatic rings. The minimum Gasteiger partial charge on any atom is -0.550 e. The van der Waals surface area contributed by atoms with Crippen molar-refractivity contribution in [1.82, 2.24) is 4.90 Å². The highest BCUT2D eigenvalue weighted by Crippen LogP contribution is 2.21. The van der Waals surface area contributed by atoms with Crippen LogP contribution < -0.4 is 5.11 Å². The number of carbonyl (C=O) groups is 2. The maximum absolute atomic E-state index is 13.2. The van der Waals surface area contributed by atoms with Gasteiger partial charge in [-0.2, -0.15) is 0 Å². The molecule has 1 heterocycles. The molecular weight excluding hydrogens is 217 g/mol. The molecule has 1 saturated heterocycles. The first-order valence-corrected chi connectivity index (χ1v) is 5.03. The molecule has 0 aromatic rings. The molecule has 0 aromatic carbocycles. The lowest BCUT2D eigenvalue weighted by Gasteiger charge is -2.24. The molecule has 0 radical (unpaired) electrons. The first kappa shape index (κ1) is 12.7. The van der Waals surface area contributed by atoms with Crippen LogP contribution in [0.2, 0.25) is 0 Å². The zero-order chi connectivity index (χ0) is 12.5. The zero-order valence-corrected chi connectivity index (χ0v) is 9.53. The standard InChI is InChI=1S/C10H16FNO4/c1-10(2,3)16-9(15)12-4-6(8(13)14)7(11)5-12/h6-7H,4-5H2,1-3H3,(H,13,14)/p-1/t6-,7-/m0/s1. The van der Waals surface area contributed by atoms with E-state index >= 15 is 0 Å². The number of nitrogens with zero attached hydrogens (tertiary/aromatic N) is 1. The molecule has 0 aromatic heterocycles. The van der Waals surface area contributed by atoms with Gasteiger partial charge in [0.05, 0.1) is 6.54 Å². The Bertz CT molecular complexity index is 300. The van der Waals surface area contributed by atoms with E-state index < -0.39 is 29.8 Å². The molecule has 1 rings (SSSR count). The summed E-state index contributed by atoms with van der Waals surface area (Å²) in [7, 11) is 0. The Labute approximate surface area is 93.2 Å². The van der Waals surface area contributed by atoms with Crippen LogP contribution in [0.4, 0.5) is 9.18 Å². The second kappa shape index (κ2) is 4.27. The van der Waals surface area contributed by atoms with Crippen molar-refractivity contribution in [1.29, 1.82) is 0 Å². The summed E-state index contributed by atoms with van der Waals surface area (Å²) < 4.78 is 18.2. The Kier molecular flexibility index (Phi) is 3.40. The van der Waals surface area contributed by atoms with E-state index in [-0.39, 0.29) is 13.1 Å². The average molecular weight is 232 g/mol. The molecule has 1 fully saturated rings. The topological polar surface area (TPSA) is 69.7 Å². The van der Waals surface area contributed by atoms with E-state index in [0.29, 0.717) is 0 Å². The van der Waals surface area contributed by atoms with Gasteiger partial charge in [-0.3, -0.25) is 0 Å². The van der Waals surface area contributed by atoms with Crippen LogP contribution in [0.5, 0.6) is 0 Å². The summed E-state index contributed by atoms with van der Waals surface area (Å²) in [6, 6.07) is 0. The van der Waals surface area contributed by atoms with Gasteiger partial charge in [-0.25, -0.2) is 9.18 Å². The lowest BCUT2D eigenvalue weighted by atomic mass is 10.1. The summed E-state index contributed by atoms with van der Waals surface area (Å²) in [5.74, 6) is -2.73. The molecule has 0 unspecified atom stereocenters. The number of hydrogen-bond donors (Lipinski definition) is 0. The van der Waals surface area contributed by atoms with Crippen molar-refractivity contribution in [3.63, 3.8) is 0 Å². The van der Waals surface area contributed by atoms with Crippen molar-refractivity contribution in [2.75, 3.05) is 13.1 Å². The molecule has 0 N–H and O–H groups in total. The van der Waals surface area contributed by atoms with Crippen LogP contribution in [0, 0.1) is 5.92 Å². The molecule has 6 heteroatoms. The van der Waals surface area contributed by atoms with Crippen LogP contribution in [0.15, 0.2) is 0 Å². The van der Waals surface area contributed by atoms with Gasteiger partial charge in [0.25, 0.3) is 0 Å². The van der Waals surface area contributed by atoms with Crippen molar-refractivity contribution in [3.05, 3.63) is 0 Å². The minimum absolute atomic E-state index is 0.196. The Morgan fingerprint density at radius 3 is 2.31 bits per heavy atom. The van der Waals surface area contributed by atoms with E-state index in [2.05, 4.69) is 0 Å². The van der Waals surface area contributed by atoms with Crippen molar-refractivity contribution in [3.8, 4) is 0 Å². The Hall–Kier alpha value is -1.33. The predicted molar refractivity (Wildman–Crippen MR) is 51.2 cm³/mol. The lowest BCUT2D eigenvalue weighted by molar-refractivity contribution is -0.312. The smallest absolute Gasteiger partial charge is 0.410 e. The molecule has 0 bridgehead atoms. The Morgan fingerprint density at radius 2 is 1.94 bits per heavy atom. The van der Waals surface area contributed by atoms with Gasteiger partial charge in [0.2, 0.25) is 0 Å². The van der Waals surface area contributed by atoms with Gasteiger partial charge in [0.1, 0.15) is 11.8 Å². The molecule has 1 amide bonds. The number of aliphatic carboxylic acids is 1. The van der Waals surface area contributed by atoms with Crippen LogP contribution in [-0.4, -0.2) is 41.8 Å². The quantitative estimate of drug-likeness (QED) is 0.635. The first-order chi connectivity index (χ1) is 7.20. The van der Waals surface area contributed by atoms with Crippen LogP contribution in [0.3, 0.4) is 0 Å². The number of carbonyl (C=O) groups excluding carboxylic acids is 2. The zero-order valence-electron chi connectivity index (χ0n) is 9.53. The fraction of sp³-hybridized carbons (Fsp3) is 0.800. The van der Waals surface area contributed by atoms with Gasteiger partial charge in [-0.15, -0.1) is 0 Å². The van der Waals surface area contributed by atoms with E-state index in [4.69, 9.17) is 4.74 Å². The highest BCUT2D eigenvalue weighted by molar-refractivity contribution is 5.73.